The quantitative estimate of drug-likeness (QED) is 0.758. The summed E-state index contributed by atoms with van der Waals surface area (Å²) in [5.41, 5.74) is 6.85. The van der Waals surface area contributed by atoms with Crippen molar-refractivity contribution in [3.8, 4) is 0 Å². The van der Waals surface area contributed by atoms with Crippen LogP contribution in [0.5, 0.6) is 0 Å². The molecule has 16 heavy (non-hydrogen) atoms. The molecule has 1 fully saturated rings. The maximum atomic E-state index is 13.1. The summed E-state index contributed by atoms with van der Waals surface area (Å²) in [6.07, 6.45) is 2.02. The highest BCUT2D eigenvalue weighted by molar-refractivity contribution is 5.66. The number of nitrogens with one attached hydrogen (secondary N) is 1. The Bertz CT molecular complexity index is 375. The van der Waals surface area contributed by atoms with Gasteiger partial charge in [-0.05, 0) is 38.0 Å². The minimum atomic E-state index is -0.281. The van der Waals surface area contributed by atoms with E-state index in [-0.39, 0.29) is 11.4 Å². The Morgan fingerprint density at radius 2 is 2.31 bits per heavy atom. The van der Waals surface area contributed by atoms with Crippen LogP contribution in [0, 0.1) is 5.82 Å². The van der Waals surface area contributed by atoms with Crippen molar-refractivity contribution in [3.63, 3.8) is 0 Å². The average Bonchev–Trinajstić information content (AvgIpc) is 2.24. The fraction of sp³-hybridized carbons (Fsp3) is 0.500. The minimum Gasteiger partial charge on any atom is -0.397 e. The van der Waals surface area contributed by atoms with Crippen LogP contribution in [-0.2, 0) is 4.74 Å². The summed E-state index contributed by atoms with van der Waals surface area (Å²) in [5, 5.41) is 3.28. The number of benzene rings is 1. The van der Waals surface area contributed by atoms with E-state index < -0.39 is 0 Å². The van der Waals surface area contributed by atoms with E-state index in [0.29, 0.717) is 18.0 Å². The lowest BCUT2D eigenvalue weighted by molar-refractivity contribution is 0.0540. The molecule has 1 atom stereocenters. The molecule has 88 valence electrons. The summed E-state index contributed by atoms with van der Waals surface area (Å²) in [4.78, 5) is 0. The zero-order valence-corrected chi connectivity index (χ0v) is 9.42. The topological polar surface area (TPSA) is 47.3 Å². The van der Waals surface area contributed by atoms with Crippen LogP contribution in [0.4, 0.5) is 15.8 Å². The molecule has 1 aliphatic heterocycles. The Morgan fingerprint density at radius 3 is 3.00 bits per heavy atom. The number of nitrogens with two attached hydrogens (primary N) is 1. The predicted molar refractivity (Wildman–Crippen MR) is 62.9 cm³/mol. The molecule has 1 saturated heterocycles. The summed E-state index contributed by atoms with van der Waals surface area (Å²) >= 11 is 0. The lowest BCUT2D eigenvalue weighted by Crippen LogP contribution is -2.43. The SMILES string of the molecule is CC1(Nc2cc(F)ccc2N)CCCOC1. The Labute approximate surface area is 94.8 Å². The summed E-state index contributed by atoms with van der Waals surface area (Å²) in [7, 11) is 0. The lowest BCUT2D eigenvalue weighted by Gasteiger charge is -2.35. The van der Waals surface area contributed by atoms with E-state index in [4.69, 9.17) is 10.5 Å². The molecule has 0 aromatic heterocycles. The van der Waals surface area contributed by atoms with Crippen LogP contribution in [0.15, 0.2) is 18.2 Å². The first-order chi connectivity index (χ1) is 7.59. The molecule has 0 aliphatic carbocycles. The standard InChI is InChI=1S/C12H17FN2O/c1-12(5-2-6-16-8-12)15-11-7-9(13)3-4-10(11)14/h3-4,7,15H,2,5-6,8,14H2,1H3. The zero-order valence-electron chi connectivity index (χ0n) is 9.42. The van der Waals surface area contributed by atoms with Gasteiger partial charge in [0.1, 0.15) is 5.82 Å². The van der Waals surface area contributed by atoms with Gasteiger partial charge in [-0.15, -0.1) is 0 Å². The molecule has 3 nitrogen and oxygen atoms in total. The molecule has 0 bridgehead atoms. The van der Waals surface area contributed by atoms with Gasteiger partial charge in [0.15, 0.2) is 0 Å². The van der Waals surface area contributed by atoms with Crippen molar-refractivity contribution in [2.45, 2.75) is 25.3 Å². The highest BCUT2D eigenvalue weighted by atomic mass is 19.1. The maximum Gasteiger partial charge on any atom is 0.125 e. The van der Waals surface area contributed by atoms with Gasteiger partial charge in [-0.2, -0.15) is 0 Å². The van der Waals surface area contributed by atoms with Gasteiger partial charge in [0, 0.05) is 6.61 Å². The van der Waals surface area contributed by atoms with Gasteiger partial charge < -0.3 is 15.8 Å². The Kier molecular flexibility index (Phi) is 3.01. The average molecular weight is 224 g/mol. The van der Waals surface area contributed by atoms with Gasteiger partial charge >= 0.3 is 0 Å². The minimum absolute atomic E-state index is 0.153. The molecule has 0 radical (unpaired) electrons. The van der Waals surface area contributed by atoms with Crippen LogP contribution in [0.1, 0.15) is 19.8 Å². The first-order valence-corrected chi connectivity index (χ1v) is 5.50. The van der Waals surface area contributed by atoms with Crippen LogP contribution in [0.2, 0.25) is 0 Å². The second-order valence-electron chi connectivity index (χ2n) is 4.57. The fourth-order valence-electron chi connectivity index (χ4n) is 1.99. The summed E-state index contributed by atoms with van der Waals surface area (Å²) in [6, 6.07) is 4.36. The van der Waals surface area contributed by atoms with E-state index in [2.05, 4.69) is 12.2 Å². The number of anilines is 2. The Morgan fingerprint density at radius 1 is 1.50 bits per heavy atom. The molecule has 1 aliphatic rings. The number of ether oxygens (including phenoxy) is 1. The molecular weight excluding hydrogens is 207 g/mol. The van der Waals surface area contributed by atoms with Crippen molar-refractivity contribution < 1.29 is 9.13 Å². The molecule has 1 aromatic rings. The molecule has 0 spiro atoms. The van der Waals surface area contributed by atoms with E-state index in [1.165, 1.54) is 12.1 Å². The molecular formula is C12H17FN2O. The number of nitrogen functional groups attached to an aromatic ring is 1. The molecule has 0 amide bonds. The molecule has 1 unspecified atom stereocenters. The molecule has 1 aromatic carbocycles. The highest BCUT2D eigenvalue weighted by Crippen LogP contribution is 2.27. The van der Waals surface area contributed by atoms with Gasteiger partial charge in [-0.25, -0.2) is 4.39 Å². The van der Waals surface area contributed by atoms with Crippen molar-refractivity contribution in [1.82, 2.24) is 0 Å². The summed E-state index contributed by atoms with van der Waals surface area (Å²) in [6.45, 7) is 3.50. The van der Waals surface area contributed by atoms with E-state index >= 15 is 0 Å². The zero-order chi connectivity index (χ0) is 11.6. The van der Waals surface area contributed by atoms with Crippen LogP contribution in [0.3, 0.4) is 0 Å². The third kappa shape index (κ3) is 2.44. The van der Waals surface area contributed by atoms with Gasteiger partial charge in [0.05, 0.1) is 23.5 Å². The predicted octanol–water partition coefficient (Wildman–Crippen LogP) is 2.39. The van der Waals surface area contributed by atoms with Crippen LogP contribution in [-0.4, -0.2) is 18.8 Å². The molecule has 3 N–H and O–H groups in total. The second kappa shape index (κ2) is 4.29. The largest absolute Gasteiger partial charge is 0.397 e. The Hall–Kier alpha value is -1.29. The van der Waals surface area contributed by atoms with Gasteiger partial charge in [0.25, 0.3) is 0 Å². The normalized spacial score (nSPS) is 25.4. The summed E-state index contributed by atoms with van der Waals surface area (Å²) < 4.78 is 18.5. The van der Waals surface area contributed by atoms with Crippen LogP contribution in [0.25, 0.3) is 0 Å². The number of rotatable bonds is 2. The van der Waals surface area contributed by atoms with Crippen molar-refractivity contribution in [2.75, 3.05) is 24.3 Å². The van der Waals surface area contributed by atoms with E-state index in [9.17, 15) is 4.39 Å². The summed E-state index contributed by atoms with van der Waals surface area (Å²) in [5.74, 6) is -0.281. The smallest absolute Gasteiger partial charge is 0.125 e. The first-order valence-electron chi connectivity index (χ1n) is 5.50. The van der Waals surface area contributed by atoms with Gasteiger partial charge in [0.2, 0.25) is 0 Å². The van der Waals surface area contributed by atoms with Crippen molar-refractivity contribution in [1.29, 1.82) is 0 Å². The second-order valence-corrected chi connectivity index (χ2v) is 4.57. The Balaban J connectivity index is 2.15. The lowest BCUT2D eigenvalue weighted by atomic mass is 9.94. The number of hydrogen-bond donors (Lipinski definition) is 2. The van der Waals surface area contributed by atoms with Crippen molar-refractivity contribution >= 4 is 11.4 Å². The van der Waals surface area contributed by atoms with Crippen LogP contribution >= 0.6 is 0 Å². The maximum absolute atomic E-state index is 13.1. The van der Waals surface area contributed by atoms with Crippen molar-refractivity contribution in [2.24, 2.45) is 0 Å². The molecule has 0 saturated carbocycles. The highest BCUT2D eigenvalue weighted by Gasteiger charge is 2.27. The van der Waals surface area contributed by atoms with Gasteiger partial charge in [-0.1, -0.05) is 0 Å². The van der Waals surface area contributed by atoms with Crippen molar-refractivity contribution in [3.05, 3.63) is 24.0 Å². The first kappa shape index (κ1) is 11.2. The van der Waals surface area contributed by atoms with Crippen LogP contribution < -0.4 is 11.1 Å². The van der Waals surface area contributed by atoms with E-state index in [1.54, 1.807) is 6.07 Å². The van der Waals surface area contributed by atoms with E-state index in [0.717, 1.165) is 19.4 Å². The number of hydrogen-bond acceptors (Lipinski definition) is 3. The third-order valence-corrected chi connectivity index (χ3v) is 2.89. The molecule has 1 heterocycles. The van der Waals surface area contributed by atoms with E-state index in [1.807, 2.05) is 0 Å². The number of halogens is 1. The third-order valence-electron chi connectivity index (χ3n) is 2.89. The fourth-order valence-corrected chi connectivity index (χ4v) is 1.99. The molecule has 4 heteroatoms. The monoisotopic (exact) mass is 224 g/mol. The molecule has 2 rings (SSSR count). The van der Waals surface area contributed by atoms with Gasteiger partial charge in [-0.3, -0.25) is 0 Å².